The van der Waals surface area contributed by atoms with Gasteiger partial charge in [-0.15, -0.1) is 0 Å². The average molecular weight is 446 g/mol. The minimum absolute atomic E-state index is 0.0655. The molecule has 2 aliphatic rings. The van der Waals surface area contributed by atoms with E-state index in [2.05, 4.69) is 37.3 Å². The molecule has 2 aliphatic heterocycles. The molecular formula is C19H20BrN5O3. The molecule has 28 heavy (non-hydrogen) atoms. The summed E-state index contributed by atoms with van der Waals surface area (Å²) in [4.78, 5) is 21.9. The van der Waals surface area contributed by atoms with Crippen LogP contribution in [0.2, 0.25) is 0 Å². The molecule has 1 fully saturated rings. The summed E-state index contributed by atoms with van der Waals surface area (Å²) >= 11 is 3.58. The van der Waals surface area contributed by atoms with Gasteiger partial charge in [0.15, 0.2) is 5.65 Å². The van der Waals surface area contributed by atoms with Crippen molar-refractivity contribution in [3.05, 3.63) is 38.9 Å². The van der Waals surface area contributed by atoms with E-state index in [1.165, 1.54) is 0 Å². The van der Waals surface area contributed by atoms with Crippen LogP contribution < -0.4 is 15.7 Å². The maximum atomic E-state index is 12.8. The SMILES string of the molecule is Cn1c(=O)n(C2CCOCC2)c2nc(Nc3cc4c(cc3Br)OCC4)ncc21. The van der Waals surface area contributed by atoms with Crippen molar-refractivity contribution in [3.8, 4) is 5.75 Å². The van der Waals surface area contributed by atoms with Gasteiger partial charge < -0.3 is 14.8 Å². The second-order valence-electron chi connectivity index (χ2n) is 7.12. The number of anilines is 2. The van der Waals surface area contributed by atoms with Crippen LogP contribution in [0, 0.1) is 0 Å². The summed E-state index contributed by atoms with van der Waals surface area (Å²) in [7, 11) is 1.76. The van der Waals surface area contributed by atoms with Crippen molar-refractivity contribution in [2.75, 3.05) is 25.1 Å². The van der Waals surface area contributed by atoms with Crippen LogP contribution >= 0.6 is 15.9 Å². The zero-order chi connectivity index (χ0) is 19.3. The minimum Gasteiger partial charge on any atom is -0.493 e. The number of halogens is 1. The molecule has 1 saturated heterocycles. The van der Waals surface area contributed by atoms with Gasteiger partial charge >= 0.3 is 5.69 Å². The molecule has 5 rings (SSSR count). The molecule has 4 heterocycles. The van der Waals surface area contributed by atoms with Gasteiger partial charge in [0, 0.05) is 37.2 Å². The summed E-state index contributed by atoms with van der Waals surface area (Å²) in [5.41, 5.74) is 3.34. The smallest absolute Gasteiger partial charge is 0.330 e. The molecular weight excluding hydrogens is 426 g/mol. The Morgan fingerprint density at radius 3 is 2.89 bits per heavy atom. The van der Waals surface area contributed by atoms with Crippen molar-refractivity contribution in [1.82, 2.24) is 19.1 Å². The second-order valence-corrected chi connectivity index (χ2v) is 7.98. The van der Waals surface area contributed by atoms with Gasteiger partial charge in [0.1, 0.15) is 11.3 Å². The van der Waals surface area contributed by atoms with Crippen molar-refractivity contribution in [1.29, 1.82) is 0 Å². The summed E-state index contributed by atoms with van der Waals surface area (Å²) in [5, 5.41) is 3.28. The fraction of sp³-hybridized carbons (Fsp3) is 0.421. The van der Waals surface area contributed by atoms with Crippen molar-refractivity contribution >= 4 is 38.7 Å². The number of ether oxygens (including phenoxy) is 2. The molecule has 0 aliphatic carbocycles. The molecule has 0 atom stereocenters. The third-order valence-electron chi connectivity index (χ3n) is 5.41. The van der Waals surface area contributed by atoms with Crippen LogP contribution in [0.15, 0.2) is 27.6 Å². The fourth-order valence-corrected chi connectivity index (χ4v) is 4.31. The highest BCUT2D eigenvalue weighted by Gasteiger charge is 2.23. The van der Waals surface area contributed by atoms with Crippen molar-refractivity contribution in [2.24, 2.45) is 7.05 Å². The first kappa shape index (κ1) is 17.7. The molecule has 3 aromatic rings. The lowest BCUT2D eigenvalue weighted by molar-refractivity contribution is 0.0695. The van der Waals surface area contributed by atoms with E-state index in [-0.39, 0.29) is 11.7 Å². The Morgan fingerprint density at radius 2 is 2.07 bits per heavy atom. The van der Waals surface area contributed by atoms with Crippen LogP contribution in [-0.4, -0.2) is 38.9 Å². The number of aromatic nitrogens is 4. The fourth-order valence-electron chi connectivity index (χ4n) is 3.89. The Balaban J connectivity index is 1.55. The van der Waals surface area contributed by atoms with Gasteiger partial charge in [-0.25, -0.2) is 9.78 Å². The van der Waals surface area contributed by atoms with Crippen LogP contribution in [0.3, 0.4) is 0 Å². The molecule has 146 valence electrons. The lowest BCUT2D eigenvalue weighted by atomic mass is 10.1. The molecule has 0 amide bonds. The topological polar surface area (TPSA) is 83.2 Å². The van der Waals surface area contributed by atoms with Crippen molar-refractivity contribution in [3.63, 3.8) is 0 Å². The van der Waals surface area contributed by atoms with E-state index in [9.17, 15) is 4.79 Å². The van der Waals surface area contributed by atoms with E-state index in [0.717, 1.165) is 46.3 Å². The standard InChI is InChI=1S/C19H20BrN5O3/c1-24-15-10-21-18(22-14-8-11-2-7-28-16(11)9-13(14)20)23-17(15)25(19(24)26)12-3-5-27-6-4-12/h8-10,12H,2-7H2,1H3,(H,21,22,23). The van der Waals surface area contributed by atoms with Crippen LogP contribution in [0.4, 0.5) is 11.6 Å². The number of hydrogen-bond acceptors (Lipinski definition) is 6. The normalized spacial score (nSPS) is 16.9. The molecule has 1 N–H and O–H groups in total. The highest BCUT2D eigenvalue weighted by molar-refractivity contribution is 9.10. The summed E-state index contributed by atoms with van der Waals surface area (Å²) in [6.45, 7) is 2.02. The van der Waals surface area contributed by atoms with Gasteiger partial charge in [0.05, 0.1) is 18.5 Å². The summed E-state index contributed by atoms with van der Waals surface area (Å²) < 4.78 is 15.3. The van der Waals surface area contributed by atoms with Gasteiger partial charge in [0.25, 0.3) is 0 Å². The molecule has 0 saturated carbocycles. The molecule has 0 bridgehead atoms. The van der Waals surface area contributed by atoms with Crippen molar-refractivity contribution < 1.29 is 9.47 Å². The molecule has 0 spiro atoms. The quantitative estimate of drug-likeness (QED) is 0.667. The largest absolute Gasteiger partial charge is 0.493 e. The monoisotopic (exact) mass is 445 g/mol. The predicted octanol–water partition coefficient (Wildman–Crippen LogP) is 2.92. The maximum absolute atomic E-state index is 12.8. The van der Waals surface area contributed by atoms with E-state index in [0.29, 0.717) is 31.4 Å². The maximum Gasteiger partial charge on any atom is 0.330 e. The van der Waals surface area contributed by atoms with Gasteiger partial charge in [-0.1, -0.05) is 0 Å². The lowest BCUT2D eigenvalue weighted by Crippen LogP contribution is -2.30. The number of hydrogen-bond donors (Lipinski definition) is 1. The Morgan fingerprint density at radius 1 is 1.25 bits per heavy atom. The van der Waals surface area contributed by atoms with E-state index in [1.54, 1.807) is 22.4 Å². The number of nitrogens with one attached hydrogen (secondary N) is 1. The predicted molar refractivity (Wildman–Crippen MR) is 108 cm³/mol. The zero-order valence-corrected chi connectivity index (χ0v) is 17.0. The molecule has 0 radical (unpaired) electrons. The Kier molecular flexibility index (Phi) is 4.36. The van der Waals surface area contributed by atoms with Crippen LogP contribution in [0.5, 0.6) is 5.75 Å². The van der Waals surface area contributed by atoms with Crippen molar-refractivity contribution in [2.45, 2.75) is 25.3 Å². The van der Waals surface area contributed by atoms with Crippen LogP contribution in [0.25, 0.3) is 11.2 Å². The first-order chi connectivity index (χ1) is 13.6. The first-order valence-electron chi connectivity index (χ1n) is 9.36. The minimum atomic E-state index is -0.0655. The molecule has 1 aromatic carbocycles. The third kappa shape index (κ3) is 2.89. The first-order valence-corrected chi connectivity index (χ1v) is 10.1. The zero-order valence-electron chi connectivity index (χ0n) is 15.4. The number of benzene rings is 1. The van der Waals surface area contributed by atoms with E-state index >= 15 is 0 Å². The Bertz CT molecular complexity index is 1120. The van der Waals surface area contributed by atoms with E-state index in [1.807, 2.05) is 6.07 Å². The number of fused-ring (bicyclic) bond motifs is 2. The summed E-state index contributed by atoms with van der Waals surface area (Å²) in [6, 6.07) is 4.11. The molecule has 2 aromatic heterocycles. The molecule has 0 unspecified atom stereocenters. The van der Waals surface area contributed by atoms with E-state index in [4.69, 9.17) is 9.47 Å². The number of aryl methyl sites for hydroxylation is 1. The van der Waals surface area contributed by atoms with Gasteiger partial charge in [-0.2, -0.15) is 4.98 Å². The molecule has 9 heteroatoms. The molecule has 8 nitrogen and oxygen atoms in total. The third-order valence-corrected chi connectivity index (χ3v) is 6.07. The number of imidazole rings is 1. The lowest BCUT2D eigenvalue weighted by Gasteiger charge is -2.22. The average Bonchev–Trinajstić information content (AvgIpc) is 3.25. The van der Waals surface area contributed by atoms with Crippen LogP contribution in [0.1, 0.15) is 24.4 Å². The van der Waals surface area contributed by atoms with Crippen LogP contribution in [-0.2, 0) is 18.2 Å². The highest BCUT2D eigenvalue weighted by atomic mass is 79.9. The van der Waals surface area contributed by atoms with E-state index < -0.39 is 0 Å². The van der Waals surface area contributed by atoms with Gasteiger partial charge in [-0.05, 0) is 46.5 Å². The Hall–Kier alpha value is -2.39. The summed E-state index contributed by atoms with van der Waals surface area (Å²) in [6.07, 6.45) is 4.20. The van der Waals surface area contributed by atoms with Gasteiger partial charge in [0.2, 0.25) is 5.95 Å². The second kappa shape index (κ2) is 6.89. The van der Waals surface area contributed by atoms with Gasteiger partial charge in [-0.3, -0.25) is 9.13 Å². The summed E-state index contributed by atoms with van der Waals surface area (Å²) in [5.74, 6) is 1.36. The Labute approximate surface area is 169 Å². The number of nitrogens with zero attached hydrogens (tertiary/aromatic N) is 4. The number of rotatable bonds is 3. The highest BCUT2D eigenvalue weighted by Crippen LogP contribution is 2.35.